The molecule has 0 aliphatic carbocycles. The summed E-state index contributed by atoms with van der Waals surface area (Å²) >= 11 is 0. The lowest BCUT2D eigenvalue weighted by molar-refractivity contribution is -0.119. The molecule has 0 aliphatic rings. The van der Waals surface area contributed by atoms with E-state index in [1.807, 2.05) is 6.92 Å². The van der Waals surface area contributed by atoms with Crippen LogP contribution in [0.4, 0.5) is 5.69 Å². The van der Waals surface area contributed by atoms with E-state index in [2.05, 4.69) is 5.32 Å². The summed E-state index contributed by atoms with van der Waals surface area (Å²) in [6.45, 7) is 2.81. The van der Waals surface area contributed by atoms with Gasteiger partial charge in [-0.25, -0.2) is 4.79 Å². The Morgan fingerprint density at radius 2 is 1.80 bits per heavy atom. The van der Waals surface area contributed by atoms with Gasteiger partial charge in [0.25, 0.3) is 5.91 Å². The molecule has 0 aromatic heterocycles. The number of aryl methyl sites for hydroxylation is 1. The van der Waals surface area contributed by atoms with E-state index in [1.54, 1.807) is 42.5 Å². The Balaban J connectivity index is 1.98. The van der Waals surface area contributed by atoms with Crippen LogP contribution >= 0.6 is 0 Å². The van der Waals surface area contributed by atoms with Crippen LogP contribution in [0.3, 0.4) is 0 Å². The van der Waals surface area contributed by atoms with Crippen LogP contribution in [0.1, 0.15) is 33.2 Å². The van der Waals surface area contributed by atoms with Crippen LogP contribution in [0.2, 0.25) is 0 Å². The SMILES string of the molecule is COc1cc(C(=O)OCC(=O)Nc2ccccc2C(C)=O)ccc1C. The molecule has 2 aromatic rings. The zero-order chi connectivity index (χ0) is 18.4. The molecule has 6 heteroatoms. The Kier molecular flexibility index (Phi) is 5.89. The fraction of sp³-hybridized carbons (Fsp3) is 0.211. The van der Waals surface area contributed by atoms with Gasteiger partial charge in [-0.2, -0.15) is 0 Å². The normalized spacial score (nSPS) is 10.0. The Morgan fingerprint density at radius 1 is 1.08 bits per heavy atom. The van der Waals surface area contributed by atoms with Crippen LogP contribution in [-0.4, -0.2) is 31.4 Å². The molecule has 0 radical (unpaired) electrons. The average molecular weight is 341 g/mol. The smallest absolute Gasteiger partial charge is 0.338 e. The standard InChI is InChI=1S/C19H19NO5/c1-12-8-9-14(10-17(12)24-3)19(23)25-11-18(22)20-16-7-5-4-6-15(16)13(2)21/h4-10H,11H2,1-3H3,(H,20,22). The number of methoxy groups -OCH3 is 1. The third-order valence-corrected chi connectivity index (χ3v) is 3.56. The summed E-state index contributed by atoms with van der Waals surface area (Å²) in [6, 6.07) is 11.5. The number of carbonyl (C=O) groups excluding carboxylic acids is 3. The van der Waals surface area contributed by atoms with Gasteiger partial charge in [-0.1, -0.05) is 18.2 Å². The molecular weight excluding hydrogens is 322 g/mol. The molecule has 6 nitrogen and oxygen atoms in total. The maximum Gasteiger partial charge on any atom is 0.338 e. The minimum atomic E-state index is -0.631. The Morgan fingerprint density at radius 3 is 2.48 bits per heavy atom. The lowest BCUT2D eigenvalue weighted by Crippen LogP contribution is -2.22. The number of para-hydroxylation sites is 1. The number of Topliss-reactive ketones (excluding diaryl/α,β-unsaturated/α-hetero) is 1. The van der Waals surface area contributed by atoms with Crippen LogP contribution in [0.15, 0.2) is 42.5 Å². The van der Waals surface area contributed by atoms with Gasteiger partial charge < -0.3 is 14.8 Å². The molecule has 0 saturated heterocycles. The van der Waals surface area contributed by atoms with Gasteiger partial charge in [-0.05, 0) is 43.7 Å². The van der Waals surface area contributed by atoms with Crippen molar-refractivity contribution >= 4 is 23.3 Å². The molecule has 0 atom stereocenters. The summed E-state index contributed by atoms with van der Waals surface area (Å²) in [5.41, 5.74) is 1.95. The van der Waals surface area contributed by atoms with Gasteiger partial charge >= 0.3 is 5.97 Å². The van der Waals surface area contributed by atoms with Crippen LogP contribution in [0, 0.1) is 6.92 Å². The van der Waals surface area contributed by atoms with Crippen molar-refractivity contribution in [1.29, 1.82) is 0 Å². The number of benzene rings is 2. The summed E-state index contributed by atoms with van der Waals surface area (Å²) in [4.78, 5) is 35.6. The zero-order valence-electron chi connectivity index (χ0n) is 14.3. The number of anilines is 1. The predicted octanol–water partition coefficient (Wildman–Crippen LogP) is 3.00. The molecule has 0 unspecified atom stereocenters. The average Bonchev–Trinajstić information content (AvgIpc) is 2.60. The second-order valence-corrected chi connectivity index (χ2v) is 5.41. The van der Waals surface area contributed by atoms with Crippen molar-refractivity contribution in [3.63, 3.8) is 0 Å². The second kappa shape index (κ2) is 8.10. The number of ketones is 1. The van der Waals surface area contributed by atoms with Crippen molar-refractivity contribution in [2.45, 2.75) is 13.8 Å². The van der Waals surface area contributed by atoms with Crippen molar-refractivity contribution < 1.29 is 23.9 Å². The first-order chi connectivity index (χ1) is 11.9. The van der Waals surface area contributed by atoms with Gasteiger partial charge in [0.05, 0.1) is 18.4 Å². The number of hydrogen-bond donors (Lipinski definition) is 1. The van der Waals surface area contributed by atoms with Gasteiger partial charge in [0.15, 0.2) is 12.4 Å². The largest absolute Gasteiger partial charge is 0.496 e. The van der Waals surface area contributed by atoms with E-state index in [-0.39, 0.29) is 5.78 Å². The minimum absolute atomic E-state index is 0.167. The summed E-state index contributed by atoms with van der Waals surface area (Å²) in [7, 11) is 1.51. The summed E-state index contributed by atoms with van der Waals surface area (Å²) in [5, 5.41) is 2.57. The van der Waals surface area contributed by atoms with Crippen molar-refractivity contribution in [3.8, 4) is 5.75 Å². The van der Waals surface area contributed by atoms with Crippen molar-refractivity contribution in [3.05, 3.63) is 59.2 Å². The zero-order valence-corrected chi connectivity index (χ0v) is 14.3. The number of nitrogens with one attached hydrogen (secondary N) is 1. The maximum atomic E-state index is 12.0. The predicted molar refractivity (Wildman–Crippen MR) is 93.1 cm³/mol. The van der Waals surface area contributed by atoms with E-state index in [0.717, 1.165) is 5.56 Å². The lowest BCUT2D eigenvalue weighted by atomic mass is 10.1. The van der Waals surface area contributed by atoms with Crippen LogP contribution < -0.4 is 10.1 Å². The summed E-state index contributed by atoms with van der Waals surface area (Å²) in [6.07, 6.45) is 0. The topological polar surface area (TPSA) is 81.7 Å². The van der Waals surface area contributed by atoms with Gasteiger partial charge in [-0.3, -0.25) is 9.59 Å². The van der Waals surface area contributed by atoms with Gasteiger partial charge in [-0.15, -0.1) is 0 Å². The number of amides is 1. The highest BCUT2D eigenvalue weighted by atomic mass is 16.5. The number of esters is 1. The molecule has 2 aromatic carbocycles. The summed E-state index contributed by atoms with van der Waals surface area (Å²) < 4.78 is 10.2. The molecule has 25 heavy (non-hydrogen) atoms. The molecule has 2 rings (SSSR count). The fourth-order valence-corrected chi connectivity index (χ4v) is 2.25. The molecule has 0 fully saturated rings. The van der Waals surface area contributed by atoms with E-state index in [1.165, 1.54) is 14.0 Å². The van der Waals surface area contributed by atoms with E-state index in [0.29, 0.717) is 22.6 Å². The molecular formula is C19H19NO5. The Hall–Kier alpha value is -3.15. The van der Waals surface area contributed by atoms with E-state index >= 15 is 0 Å². The number of carbonyl (C=O) groups is 3. The first-order valence-corrected chi connectivity index (χ1v) is 7.64. The molecule has 0 aliphatic heterocycles. The molecule has 0 bridgehead atoms. The molecule has 0 saturated carbocycles. The number of hydrogen-bond acceptors (Lipinski definition) is 5. The fourth-order valence-electron chi connectivity index (χ4n) is 2.25. The molecule has 1 amide bonds. The highest BCUT2D eigenvalue weighted by Gasteiger charge is 2.14. The van der Waals surface area contributed by atoms with Crippen molar-refractivity contribution in [2.75, 3.05) is 19.0 Å². The van der Waals surface area contributed by atoms with E-state index in [4.69, 9.17) is 9.47 Å². The van der Waals surface area contributed by atoms with Crippen LogP contribution in [-0.2, 0) is 9.53 Å². The molecule has 1 N–H and O–H groups in total. The lowest BCUT2D eigenvalue weighted by Gasteiger charge is -2.10. The molecule has 0 heterocycles. The van der Waals surface area contributed by atoms with E-state index < -0.39 is 18.5 Å². The monoisotopic (exact) mass is 341 g/mol. The van der Waals surface area contributed by atoms with Gasteiger partial charge in [0.2, 0.25) is 0 Å². The number of rotatable bonds is 6. The number of ether oxygens (including phenoxy) is 2. The third-order valence-electron chi connectivity index (χ3n) is 3.56. The van der Waals surface area contributed by atoms with Gasteiger partial charge in [0.1, 0.15) is 5.75 Å². The second-order valence-electron chi connectivity index (χ2n) is 5.41. The first kappa shape index (κ1) is 18.2. The Labute approximate surface area is 145 Å². The summed E-state index contributed by atoms with van der Waals surface area (Å²) in [5.74, 6) is -0.761. The maximum absolute atomic E-state index is 12.0. The van der Waals surface area contributed by atoms with Crippen LogP contribution in [0.5, 0.6) is 5.75 Å². The van der Waals surface area contributed by atoms with E-state index in [9.17, 15) is 14.4 Å². The third kappa shape index (κ3) is 4.67. The molecule has 130 valence electrons. The highest BCUT2D eigenvalue weighted by Crippen LogP contribution is 2.19. The Bertz CT molecular complexity index is 813. The minimum Gasteiger partial charge on any atom is -0.496 e. The quantitative estimate of drug-likeness (QED) is 0.645. The molecule has 0 spiro atoms. The first-order valence-electron chi connectivity index (χ1n) is 7.64. The van der Waals surface area contributed by atoms with Crippen molar-refractivity contribution in [1.82, 2.24) is 0 Å². The van der Waals surface area contributed by atoms with Crippen LogP contribution in [0.25, 0.3) is 0 Å². The highest BCUT2D eigenvalue weighted by molar-refractivity contribution is 6.04. The van der Waals surface area contributed by atoms with Crippen molar-refractivity contribution in [2.24, 2.45) is 0 Å². The van der Waals surface area contributed by atoms with Gasteiger partial charge in [0, 0.05) is 5.56 Å².